The van der Waals surface area contributed by atoms with E-state index in [0.29, 0.717) is 11.9 Å². The van der Waals surface area contributed by atoms with Crippen LogP contribution in [0.25, 0.3) is 22.3 Å². The normalized spacial score (nSPS) is 15.3. The Morgan fingerprint density at radius 3 is 2.32 bits per heavy atom. The van der Waals surface area contributed by atoms with Gasteiger partial charge in [-0.1, -0.05) is 0 Å². The van der Waals surface area contributed by atoms with Crippen molar-refractivity contribution in [2.45, 2.75) is 51.2 Å². The van der Waals surface area contributed by atoms with Gasteiger partial charge in [-0.15, -0.1) is 0 Å². The van der Waals surface area contributed by atoms with Crippen molar-refractivity contribution < 1.29 is 22.3 Å². The van der Waals surface area contributed by atoms with Crippen LogP contribution in [0.3, 0.4) is 0 Å². The van der Waals surface area contributed by atoms with Crippen molar-refractivity contribution in [2.75, 3.05) is 13.2 Å². The van der Waals surface area contributed by atoms with Crippen LogP contribution in [0.2, 0.25) is 0 Å². The molecule has 1 saturated heterocycles. The summed E-state index contributed by atoms with van der Waals surface area (Å²) in [5.74, 6) is -0.763. The first-order valence-electron chi connectivity index (χ1n) is 12.3. The van der Waals surface area contributed by atoms with Gasteiger partial charge in [0.25, 0.3) is 5.56 Å². The van der Waals surface area contributed by atoms with E-state index in [0.717, 1.165) is 37.7 Å². The number of nitrogens with zero attached hydrogens (tertiary/aromatic N) is 6. The van der Waals surface area contributed by atoms with Crippen LogP contribution < -0.4 is 5.56 Å². The molecule has 0 amide bonds. The molecule has 0 spiro atoms. The summed E-state index contributed by atoms with van der Waals surface area (Å²) in [6.45, 7) is 3.57. The second-order valence-corrected chi connectivity index (χ2v) is 9.03. The second-order valence-electron chi connectivity index (χ2n) is 9.03. The highest BCUT2D eigenvalue weighted by molar-refractivity contribution is 5.88. The third-order valence-corrected chi connectivity index (χ3v) is 6.16. The summed E-state index contributed by atoms with van der Waals surface area (Å²) >= 11 is 0. The number of hydrogen-bond donors (Lipinski definition) is 0. The molecule has 2 aliphatic rings. The number of aryl methyl sites for hydroxylation is 1. The number of rotatable bonds is 2. The van der Waals surface area contributed by atoms with E-state index in [-0.39, 0.29) is 22.3 Å². The zero-order valence-corrected chi connectivity index (χ0v) is 21.1. The number of halogens is 4. The molecule has 1 aliphatic heterocycles. The van der Waals surface area contributed by atoms with E-state index < -0.39 is 23.1 Å². The highest BCUT2D eigenvalue weighted by Crippen LogP contribution is 2.34. The van der Waals surface area contributed by atoms with Gasteiger partial charge in [-0.3, -0.25) is 14.0 Å². The van der Waals surface area contributed by atoms with Gasteiger partial charge >= 0.3 is 6.18 Å². The average Bonchev–Trinajstić information content (AvgIpc) is 3.62. The molecule has 8 nitrogen and oxygen atoms in total. The highest BCUT2D eigenvalue weighted by atomic mass is 19.4. The Bertz CT molecular complexity index is 1420. The topological polar surface area (TPSA) is 87.7 Å². The fourth-order valence-electron chi connectivity index (χ4n) is 3.79. The Labute approximate surface area is 216 Å². The maximum absolute atomic E-state index is 14.2. The first-order valence-corrected chi connectivity index (χ1v) is 12.3. The molecule has 1 aromatic carbocycles. The molecule has 0 N–H and O–H groups in total. The molecule has 0 bridgehead atoms. The van der Waals surface area contributed by atoms with E-state index in [1.807, 2.05) is 23.1 Å². The molecule has 12 heteroatoms. The van der Waals surface area contributed by atoms with Crippen molar-refractivity contribution in [1.82, 2.24) is 29.3 Å². The minimum atomic E-state index is -4.65. The van der Waals surface area contributed by atoms with Gasteiger partial charge in [0.05, 0.1) is 11.6 Å². The summed E-state index contributed by atoms with van der Waals surface area (Å²) in [7, 11) is 1.50. The van der Waals surface area contributed by atoms with Gasteiger partial charge in [0.2, 0.25) is 0 Å². The number of benzene rings is 1. The number of ether oxygens (including phenoxy) is 1. The summed E-state index contributed by atoms with van der Waals surface area (Å²) < 4.78 is 60.5. The Balaban J connectivity index is 0.000000192. The Hall–Kier alpha value is -3.67. The molecule has 4 aromatic rings. The van der Waals surface area contributed by atoms with Crippen molar-refractivity contribution in [2.24, 2.45) is 7.05 Å². The zero-order chi connectivity index (χ0) is 27.3. The maximum atomic E-state index is 14.2. The first kappa shape index (κ1) is 27.4. The lowest BCUT2D eigenvalue weighted by Crippen LogP contribution is -2.22. The van der Waals surface area contributed by atoms with Crippen molar-refractivity contribution in [3.8, 4) is 11.3 Å². The van der Waals surface area contributed by atoms with Crippen LogP contribution in [0.15, 0.2) is 47.8 Å². The summed E-state index contributed by atoms with van der Waals surface area (Å²) in [4.78, 5) is 24.1. The van der Waals surface area contributed by atoms with E-state index >= 15 is 0 Å². The minimum Gasteiger partial charge on any atom is -0.381 e. The quantitative estimate of drug-likeness (QED) is 0.327. The fraction of sp³-hybridized carbons (Fsp3) is 0.423. The van der Waals surface area contributed by atoms with Gasteiger partial charge in [-0.25, -0.2) is 19.3 Å². The smallest absolute Gasteiger partial charge is 0.381 e. The Morgan fingerprint density at radius 1 is 1.05 bits per heavy atom. The number of hydrogen-bond acceptors (Lipinski definition) is 6. The lowest BCUT2D eigenvalue weighted by molar-refractivity contribution is -0.137. The molecule has 4 heterocycles. The summed E-state index contributed by atoms with van der Waals surface area (Å²) in [6, 6.07) is 4.81. The zero-order valence-electron chi connectivity index (χ0n) is 21.1. The molecular formula is C26H28F4N6O2. The van der Waals surface area contributed by atoms with Crippen molar-refractivity contribution in [1.29, 1.82) is 0 Å². The van der Waals surface area contributed by atoms with Gasteiger partial charge < -0.3 is 4.74 Å². The molecule has 2 fully saturated rings. The van der Waals surface area contributed by atoms with Gasteiger partial charge in [-0.05, 0) is 63.3 Å². The lowest BCUT2D eigenvalue weighted by atomic mass is 10.1. The predicted octanol–water partition coefficient (Wildman–Crippen LogP) is 5.26. The van der Waals surface area contributed by atoms with E-state index in [1.54, 1.807) is 6.92 Å². The highest BCUT2D eigenvalue weighted by Gasteiger charge is 2.31. The molecule has 1 saturated carbocycles. The molecule has 202 valence electrons. The van der Waals surface area contributed by atoms with Gasteiger partial charge in [-0.2, -0.15) is 18.3 Å². The fourth-order valence-corrected chi connectivity index (χ4v) is 3.79. The molecule has 38 heavy (non-hydrogen) atoms. The van der Waals surface area contributed by atoms with Crippen molar-refractivity contribution >= 4 is 11.0 Å². The van der Waals surface area contributed by atoms with Crippen molar-refractivity contribution in [3.05, 3.63) is 70.5 Å². The third-order valence-electron chi connectivity index (χ3n) is 6.16. The van der Waals surface area contributed by atoms with Gasteiger partial charge in [0, 0.05) is 38.2 Å². The summed E-state index contributed by atoms with van der Waals surface area (Å²) in [5.41, 5.74) is -1.78. The second kappa shape index (κ2) is 11.8. The molecule has 0 radical (unpaired) electrons. The van der Waals surface area contributed by atoms with E-state index in [9.17, 15) is 22.4 Å². The molecule has 1 aliphatic carbocycles. The molecule has 3 aromatic heterocycles. The van der Waals surface area contributed by atoms with E-state index in [1.165, 1.54) is 43.7 Å². The van der Waals surface area contributed by atoms with Crippen molar-refractivity contribution in [3.63, 3.8) is 0 Å². The lowest BCUT2D eigenvalue weighted by Gasteiger charge is -2.11. The number of fused-ring (bicyclic) bond motifs is 1. The van der Waals surface area contributed by atoms with Gasteiger partial charge in [0.1, 0.15) is 29.2 Å². The Kier molecular flexibility index (Phi) is 8.50. The first-order chi connectivity index (χ1) is 18.2. The van der Waals surface area contributed by atoms with Gasteiger partial charge in [0.15, 0.2) is 5.52 Å². The number of aromatic nitrogens is 6. The van der Waals surface area contributed by atoms with Crippen LogP contribution in [0.5, 0.6) is 0 Å². The van der Waals surface area contributed by atoms with Crippen LogP contribution in [-0.4, -0.2) is 42.5 Å². The molecule has 0 unspecified atom stereocenters. The third kappa shape index (κ3) is 6.60. The molecule has 0 atom stereocenters. The summed E-state index contributed by atoms with van der Waals surface area (Å²) in [6.07, 6.45) is 6.82. The van der Waals surface area contributed by atoms with Crippen LogP contribution in [0, 0.1) is 12.7 Å². The van der Waals surface area contributed by atoms with Crippen LogP contribution in [-0.2, 0) is 18.0 Å². The maximum Gasteiger partial charge on any atom is 0.416 e. The van der Waals surface area contributed by atoms with E-state index in [2.05, 4.69) is 20.1 Å². The summed E-state index contributed by atoms with van der Waals surface area (Å²) in [5, 5.41) is 4.09. The largest absolute Gasteiger partial charge is 0.416 e. The Morgan fingerprint density at radius 2 is 1.79 bits per heavy atom. The molecule has 6 rings (SSSR count). The minimum absolute atomic E-state index is 0.0348. The predicted molar refractivity (Wildman–Crippen MR) is 133 cm³/mol. The average molecular weight is 533 g/mol. The number of alkyl halides is 3. The van der Waals surface area contributed by atoms with Crippen LogP contribution in [0.1, 0.15) is 49.5 Å². The van der Waals surface area contributed by atoms with E-state index in [4.69, 9.17) is 4.74 Å². The SMILES string of the molecule is C1CCOCC1.Cc1nc2c(-c3ccc(C(F)(F)F)cc3F)ncnc2c(=O)n1C.c1cnn(C2CC2)c1. The molecular weight excluding hydrogens is 504 g/mol. The van der Waals surface area contributed by atoms with Crippen LogP contribution >= 0.6 is 0 Å². The standard InChI is InChI=1S/C15H10F4N4O.C6H8N2.C5H10O/c1-7-22-12-11(20-6-21-13(12)14(24)23(7)2)9-4-3-8(5-10(9)16)15(17,18)19;1-4-7-8(5-1)6-2-3-6;1-2-4-6-5-3-1/h3-6H,1-2H3;1,4-6H,2-3H2;1-5H2. The monoisotopic (exact) mass is 532 g/mol. The van der Waals surface area contributed by atoms with Crippen LogP contribution in [0.4, 0.5) is 17.6 Å².